The van der Waals surface area contributed by atoms with Crippen molar-refractivity contribution in [2.24, 2.45) is 28.6 Å². The van der Waals surface area contributed by atoms with Crippen molar-refractivity contribution < 1.29 is 34.8 Å². The highest BCUT2D eigenvalue weighted by atomic mass is 16.5. The first-order valence-corrected chi connectivity index (χ1v) is 11.3. The van der Waals surface area contributed by atoms with Crippen molar-refractivity contribution in [1.29, 1.82) is 0 Å². The summed E-state index contributed by atoms with van der Waals surface area (Å²) in [5.41, 5.74) is -3.30. The molecule has 0 unspecified atom stereocenters. The van der Waals surface area contributed by atoms with Crippen LogP contribution in [0.3, 0.4) is 0 Å². The first-order chi connectivity index (χ1) is 14.1. The lowest BCUT2D eigenvalue weighted by molar-refractivity contribution is -0.260. The average molecular weight is 421 g/mol. The summed E-state index contributed by atoms with van der Waals surface area (Å²) in [6.07, 6.45) is 5.00. The van der Waals surface area contributed by atoms with Crippen molar-refractivity contribution >= 4 is 11.9 Å². The number of fused-ring (bicyclic) bond motifs is 5. The van der Waals surface area contributed by atoms with Crippen LogP contribution in [0.5, 0.6) is 0 Å². The highest BCUT2D eigenvalue weighted by molar-refractivity contribution is 5.85. The van der Waals surface area contributed by atoms with E-state index < -0.39 is 34.1 Å². The molecule has 0 amide bonds. The molecule has 0 radical (unpaired) electrons. The maximum atomic E-state index is 12.7. The molecule has 4 saturated carbocycles. The number of cyclic esters (lactones) is 1. The fourth-order valence-corrected chi connectivity index (χ4v) is 8.49. The summed E-state index contributed by atoms with van der Waals surface area (Å²) in [5, 5.41) is 44.1. The third-order valence-corrected chi connectivity index (χ3v) is 9.94. The average Bonchev–Trinajstić information content (AvgIpc) is 3.21. The number of aliphatic hydroxyl groups excluding tert-OH is 1. The summed E-state index contributed by atoms with van der Waals surface area (Å²) in [5.74, 6) is -1.82. The van der Waals surface area contributed by atoms with Crippen LogP contribution in [-0.4, -0.2) is 56.3 Å². The molecular formula is C23H32O7. The summed E-state index contributed by atoms with van der Waals surface area (Å²) >= 11 is 0. The first-order valence-electron chi connectivity index (χ1n) is 11.3. The molecule has 4 fully saturated rings. The Morgan fingerprint density at radius 3 is 2.47 bits per heavy atom. The minimum atomic E-state index is -1.44. The second-order valence-electron chi connectivity index (χ2n) is 10.8. The molecule has 166 valence electrons. The van der Waals surface area contributed by atoms with Crippen molar-refractivity contribution in [1.82, 2.24) is 0 Å². The Morgan fingerprint density at radius 2 is 1.80 bits per heavy atom. The highest BCUT2D eigenvalue weighted by Gasteiger charge is 2.73. The van der Waals surface area contributed by atoms with Crippen molar-refractivity contribution in [2.45, 2.75) is 82.0 Å². The zero-order chi connectivity index (χ0) is 21.5. The standard InChI is InChI=1S/C23H32O7/c1-20-6-3-16-17(23(20,29)9-5-15(20)13-10-18(25)30-12-13)4-7-21(28)11-14(24)2-8-22(16,21)19(26)27/h10,14-17,24,28-29H,2-9,11-12H2,1H3,(H,26,27)/t14-,15-,16+,17-,20+,21+,22+,23-/m0/s1. The molecule has 0 aromatic heterocycles. The number of carboxylic acids is 1. The van der Waals surface area contributed by atoms with Gasteiger partial charge in [-0.1, -0.05) is 6.92 Å². The number of aliphatic carboxylic acids is 1. The van der Waals surface area contributed by atoms with Crippen LogP contribution in [0.2, 0.25) is 0 Å². The molecular weight excluding hydrogens is 388 g/mol. The molecule has 7 nitrogen and oxygen atoms in total. The fourth-order valence-electron chi connectivity index (χ4n) is 8.49. The molecule has 0 aromatic rings. The van der Waals surface area contributed by atoms with Crippen molar-refractivity contribution in [2.75, 3.05) is 6.61 Å². The van der Waals surface area contributed by atoms with Crippen molar-refractivity contribution in [3.63, 3.8) is 0 Å². The Bertz CT molecular complexity index is 822. The van der Waals surface area contributed by atoms with Crippen LogP contribution in [-0.2, 0) is 14.3 Å². The quantitative estimate of drug-likeness (QED) is 0.502. The summed E-state index contributed by atoms with van der Waals surface area (Å²) in [6, 6.07) is 0. The van der Waals surface area contributed by atoms with Crippen LogP contribution in [0.1, 0.15) is 64.7 Å². The first kappa shape index (κ1) is 20.5. The van der Waals surface area contributed by atoms with Gasteiger partial charge in [0.2, 0.25) is 0 Å². The minimum Gasteiger partial charge on any atom is -0.481 e. The van der Waals surface area contributed by atoms with E-state index in [4.69, 9.17) is 4.74 Å². The summed E-state index contributed by atoms with van der Waals surface area (Å²) in [7, 11) is 0. The van der Waals surface area contributed by atoms with Crippen LogP contribution in [0.4, 0.5) is 0 Å². The minimum absolute atomic E-state index is 0.0460. The van der Waals surface area contributed by atoms with E-state index in [1.54, 1.807) is 6.08 Å². The molecule has 0 spiro atoms. The van der Waals surface area contributed by atoms with Crippen LogP contribution in [0, 0.1) is 28.6 Å². The monoisotopic (exact) mass is 420 g/mol. The van der Waals surface area contributed by atoms with Gasteiger partial charge in [-0.15, -0.1) is 0 Å². The van der Waals surface area contributed by atoms with Crippen LogP contribution in [0.25, 0.3) is 0 Å². The molecule has 0 saturated heterocycles. The lowest BCUT2D eigenvalue weighted by Gasteiger charge is -2.65. The number of carboxylic acid groups (broad SMARTS) is 1. The largest absolute Gasteiger partial charge is 0.481 e. The van der Waals surface area contributed by atoms with Gasteiger partial charge in [-0.3, -0.25) is 4.79 Å². The molecule has 1 aliphatic heterocycles. The van der Waals surface area contributed by atoms with Gasteiger partial charge in [0.1, 0.15) is 6.61 Å². The number of hydrogen-bond acceptors (Lipinski definition) is 6. The summed E-state index contributed by atoms with van der Waals surface area (Å²) in [6.45, 7) is 2.36. The number of carbonyl (C=O) groups excluding carboxylic acids is 1. The van der Waals surface area contributed by atoms with Gasteiger partial charge in [0.05, 0.1) is 22.7 Å². The van der Waals surface area contributed by atoms with Gasteiger partial charge < -0.3 is 25.2 Å². The van der Waals surface area contributed by atoms with E-state index in [0.29, 0.717) is 32.1 Å². The SMILES string of the molecule is C[C@]12CC[C@@H]3[C@H](CC[C@@]4(O)C[C@@H](O)CC[C@]34C(=O)O)[C@@]1(O)CC[C@H]2C1=CC(=O)OC1. The number of ether oxygens (including phenoxy) is 1. The topological polar surface area (TPSA) is 124 Å². The molecule has 1 heterocycles. The van der Waals surface area contributed by atoms with Gasteiger partial charge in [-0.2, -0.15) is 0 Å². The summed E-state index contributed by atoms with van der Waals surface area (Å²) in [4.78, 5) is 24.3. The van der Waals surface area contributed by atoms with E-state index in [1.165, 1.54) is 0 Å². The Hall–Kier alpha value is -1.44. The second-order valence-corrected chi connectivity index (χ2v) is 10.8. The third kappa shape index (κ3) is 2.32. The zero-order valence-corrected chi connectivity index (χ0v) is 17.5. The van der Waals surface area contributed by atoms with Gasteiger partial charge in [0.15, 0.2) is 0 Å². The van der Waals surface area contributed by atoms with E-state index in [-0.39, 0.29) is 49.6 Å². The number of esters is 1. The molecule has 7 heteroatoms. The predicted octanol–water partition coefficient (Wildman–Crippen LogP) is 1.78. The van der Waals surface area contributed by atoms with Crippen LogP contribution in [0.15, 0.2) is 11.6 Å². The molecule has 4 N–H and O–H groups in total. The van der Waals surface area contributed by atoms with Gasteiger partial charge in [-0.05, 0) is 74.7 Å². The fraction of sp³-hybridized carbons (Fsp3) is 0.826. The number of aliphatic hydroxyl groups is 3. The van der Waals surface area contributed by atoms with E-state index in [0.717, 1.165) is 12.0 Å². The Morgan fingerprint density at radius 1 is 1.07 bits per heavy atom. The Balaban J connectivity index is 1.54. The van der Waals surface area contributed by atoms with Gasteiger partial charge >= 0.3 is 11.9 Å². The number of rotatable bonds is 2. The Kier molecular flexibility index (Phi) is 4.30. The smallest absolute Gasteiger partial charge is 0.331 e. The predicted molar refractivity (Wildman–Crippen MR) is 105 cm³/mol. The third-order valence-electron chi connectivity index (χ3n) is 9.94. The number of carbonyl (C=O) groups is 2. The molecule has 4 aliphatic carbocycles. The summed E-state index contributed by atoms with van der Waals surface area (Å²) < 4.78 is 5.14. The number of hydrogen-bond donors (Lipinski definition) is 4. The lowest BCUT2D eigenvalue weighted by atomic mass is 9.41. The lowest BCUT2D eigenvalue weighted by Crippen LogP contribution is -2.70. The van der Waals surface area contributed by atoms with Gasteiger partial charge in [0.25, 0.3) is 0 Å². The van der Waals surface area contributed by atoms with Crippen molar-refractivity contribution in [3.05, 3.63) is 11.6 Å². The van der Waals surface area contributed by atoms with E-state index in [9.17, 15) is 30.0 Å². The molecule has 30 heavy (non-hydrogen) atoms. The second kappa shape index (κ2) is 6.30. The van der Waals surface area contributed by atoms with E-state index in [2.05, 4.69) is 6.92 Å². The molecule has 5 rings (SSSR count). The molecule has 0 aromatic carbocycles. The molecule has 0 bridgehead atoms. The maximum absolute atomic E-state index is 12.7. The van der Waals surface area contributed by atoms with E-state index >= 15 is 0 Å². The molecule has 8 atom stereocenters. The van der Waals surface area contributed by atoms with Gasteiger partial charge in [-0.25, -0.2) is 4.79 Å². The zero-order valence-electron chi connectivity index (χ0n) is 17.5. The molecule has 5 aliphatic rings. The Labute approximate surface area is 176 Å². The van der Waals surface area contributed by atoms with Crippen molar-refractivity contribution in [3.8, 4) is 0 Å². The normalized spacial score (nSPS) is 52.7. The van der Waals surface area contributed by atoms with Crippen LogP contribution < -0.4 is 0 Å². The van der Waals surface area contributed by atoms with Gasteiger partial charge in [0, 0.05) is 17.9 Å². The maximum Gasteiger partial charge on any atom is 0.331 e. The van der Waals surface area contributed by atoms with Crippen LogP contribution >= 0.6 is 0 Å². The highest BCUT2D eigenvalue weighted by Crippen LogP contribution is 2.70. The van der Waals surface area contributed by atoms with E-state index in [1.807, 2.05) is 0 Å².